The molecule has 0 saturated heterocycles. The molecule has 2 aliphatic rings. The van der Waals surface area contributed by atoms with E-state index in [9.17, 15) is 0 Å². The summed E-state index contributed by atoms with van der Waals surface area (Å²) in [4.78, 5) is 0. The Morgan fingerprint density at radius 2 is 1.86 bits per heavy atom. The topological polar surface area (TPSA) is 47.3 Å². The van der Waals surface area contributed by atoms with Crippen molar-refractivity contribution in [3.8, 4) is 0 Å². The first-order valence-corrected chi connectivity index (χ1v) is 9.13. The minimum absolute atomic E-state index is 0.214. The fourth-order valence-electron chi connectivity index (χ4n) is 4.07. The summed E-state index contributed by atoms with van der Waals surface area (Å²) in [6.07, 6.45) is 17.1. The Hall–Kier alpha value is -0.380. The lowest BCUT2D eigenvalue weighted by Crippen LogP contribution is -2.50. The number of nitrogens with two attached hydrogens (primary N) is 1. The van der Waals surface area contributed by atoms with Crippen LogP contribution in [0, 0.1) is 5.92 Å². The molecule has 0 bridgehead atoms. The number of rotatable bonds is 6. The smallest absolute Gasteiger partial charge is 0.0807 e. The Morgan fingerprint density at radius 3 is 2.57 bits per heavy atom. The van der Waals surface area contributed by atoms with Crippen LogP contribution in [0.25, 0.3) is 0 Å². The molecule has 0 amide bonds. The summed E-state index contributed by atoms with van der Waals surface area (Å²) in [7, 11) is 0. The highest BCUT2D eigenvalue weighted by Gasteiger charge is 2.32. The summed E-state index contributed by atoms with van der Waals surface area (Å²) < 4.78 is 6.18. The first-order valence-electron chi connectivity index (χ1n) is 9.13. The zero-order chi connectivity index (χ0) is 14.9. The second-order valence-electron chi connectivity index (χ2n) is 6.69. The number of ether oxygens (including phenoxy) is 1. The van der Waals surface area contributed by atoms with E-state index < -0.39 is 0 Å². The number of allylic oxidation sites excluding steroid dienone is 1. The lowest BCUT2D eigenvalue weighted by atomic mass is 9.79. The van der Waals surface area contributed by atoms with Crippen LogP contribution in [0.5, 0.6) is 0 Å². The van der Waals surface area contributed by atoms with Crippen LogP contribution in [0.4, 0.5) is 0 Å². The molecule has 2 unspecified atom stereocenters. The summed E-state index contributed by atoms with van der Waals surface area (Å²) in [6, 6.07) is 0.214. The molecule has 0 spiro atoms. The van der Waals surface area contributed by atoms with Gasteiger partial charge in [0, 0.05) is 6.61 Å². The van der Waals surface area contributed by atoms with Crippen molar-refractivity contribution in [2.24, 2.45) is 11.8 Å². The van der Waals surface area contributed by atoms with Crippen LogP contribution in [0.2, 0.25) is 0 Å². The van der Waals surface area contributed by atoms with Gasteiger partial charge in [0.1, 0.15) is 0 Å². The van der Waals surface area contributed by atoms with Crippen molar-refractivity contribution in [2.75, 3.05) is 6.61 Å². The molecular weight excluding hydrogens is 260 g/mol. The Bertz CT molecular complexity index is 310. The third kappa shape index (κ3) is 5.08. The third-order valence-electron chi connectivity index (χ3n) is 5.21. The zero-order valence-corrected chi connectivity index (χ0v) is 13.8. The average Bonchev–Trinajstić information content (AvgIpc) is 2.49. The van der Waals surface area contributed by atoms with E-state index in [2.05, 4.69) is 18.4 Å². The maximum atomic E-state index is 6.18. The molecule has 0 heterocycles. The molecule has 21 heavy (non-hydrogen) atoms. The Kier molecular flexibility index (Phi) is 7.76. The van der Waals surface area contributed by atoms with Gasteiger partial charge in [-0.2, -0.15) is 0 Å². The van der Waals surface area contributed by atoms with Crippen molar-refractivity contribution in [1.82, 2.24) is 5.43 Å². The van der Waals surface area contributed by atoms with Crippen LogP contribution in [0.15, 0.2) is 11.6 Å². The lowest BCUT2D eigenvalue weighted by Gasteiger charge is -2.37. The van der Waals surface area contributed by atoms with Crippen molar-refractivity contribution >= 4 is 0 Å². The molecule has 0 aromatic rings. The van der Waals surface area contributed by atoms with E-state index in [1.165, 1.54) is 76.2 Å². The highest BCUT2D eigenvalue weighted by Crippen LogP contribution is 2.32. The molecule has 1 saturated carbocycles. The van der Waals surface area contributed by atoms with Crippen LogP contribution in [0.1, 0.15) is 77.6 Å². The van der Waals surface area contributed by atoms with E-state index in [4.69, 9.17) is 10.6 Å². The van der Waals surface area contributed by atoms with Gasteiger partial charge in [-0.3, -0.25) is 11.3 Å². The summed E-state index contributed by atoms with van der Waals surface area (Å²) in [5, 5.41) is 0. The van der Waals surface area contributed by atoms with E-state index in [-0.39, 0.29) is 12.1 Å². The molecule has 3 nitrogen and oxygen atoms in total. The van der Waals surface area contributed by atoms with Crippen molar-refractivity contribution < 1.29 is 4.74 Å². The molecule has 0 aliphatic heterocycles. The minimum atomic E-state index is 0.214. The maximum Gasteiger partial charge on any atom is 0.0807 e. The molecule has 2 atom stereocenters. The molecule has 0 aromatic carbocycles. The normalized spacial score (nSPS) is 24.8. The van der Waals surface area contributed by atoms with E-state index in [1.807, 2.05) is 0 Å². The SMILES string of the molecule is CCOC(C1CCCCC1)C(NN)C1=CCCCCCC1. The van der Waals surface area contributed by atoms with Crippen LogP contribution >= 0.6 is 0 Å². The molecule has 2 rings (SSSR count). The zero-order valence-electron chi connectivity index (χ0n) is 13.8. The first-order chi connectivity index (χ1) is 10.4. The maximum absolute atomic E-state index is 6.18. The Labute approximate surface area is 130 Å². The largest absolute Gasteiger partial charge is 0.376 e. The van der Waals surface area contributed by atoms with Gasteiger partial charge in [0.25, 0.3) is 0 Å². The number of hydrogen-bond acceptors (Lipinski definition) is 3. The Morgan fingerprint density at radius 1 is 1.14 bits per heavy atom. The van der Waals surface area contributed by atoms with Gasteiger partial charge in [-0.25, -0.2) is 0 Å². The first kappa shape index (κ1) is 17.0. The van der Waals surface area contributed by atoms with Gasteiger partial charge < -0.3 is 4.74 Å². The monoisotopic (exact) mass is 294 g/mol. The van der Waals surface area contributed by atoms with Gasteiger partial charge in [0.15, 0.2) is 0 Å². The van der Waals surface area contributed by atoms with Crippen LogP contribution in [0.3, 0.4) is 0 Å². The molecule has 3 N–H and O–H groups in total. The average molecular weight is 294 g/mol. The lowest BCUT2D eigenvalue weighted by molar-refractivity contribution is -0.0105. The molecule has 1 fully saturated rings. The number of nitrogens with one attached hydrogen (secondary N) is 1. The molecule has 0 radical (unpaired) electrons. The van der Waals surface area contributed by atoms with E-state index >= 15 is 0 Å². The molecular formula is C18H34N2O. The second kappa shape index (κ2) is 9.60. The quantitative estimate of drug-likeness (QED) is 0.441. The standard InChI is InChI=1S/C18H34N2O/c1-2-21-18(16-13-9-6-10-14-16)17(20-19)15-11-7-4-3-5-8-12-15/h11,16-18,20H,2-10,12-14,19H2,1H3. The number of hydrogen-bond donors (Lipinski definition) is 2. The van der Waals surface area contributed by atoms with Gasteiger partial charge in [-0.05, 0) is 51.4 Å². The highest BCUT2D eigenvalue weighted by atomic mass is 16.5. The van der Waals surface area contributed by atoms with E-state index in [0.29, 0.717) is 5.92 Å². The van der Waals surface area contributed by atoms with Crippen molar-refractivity contribution in [1.29, 1.82) is 0 Å². The summed E-state index contributed by atoms with van der Waals surface area (Å²) in [5.41, 5.74) is 4.61. The highest BCUT2D eigenvalue weighted by molar-refractivity contribution is 5.14. The predicted octanol–water partition coefficient (Wildman–Crippen LogP) is 4.08. The molecule has 0 aromatic heterocycles. The summed E-state index contributed by atoms with van der Waals surface area (Å²) in [5.74, 6) is 6.63. The van der Waals surface area contributed by atoms with Crippen LogP contribution in [-0.2, 0) is 4.74 Å². The third-order valence-corrected chi connectivity index (χ3v) is 5.21. The van der Waals surface area contributed by atoms with Gasteiger partial charge >= 0.3 is 0 Å². The fraction of sp³-hybridized carbons (Fsp3) is 0.889. The summed E-state index contributed by atoms with van der Waals surface area (Å²) in [6.45, 7) is 2.89. The fourth-order valence-corrected chi connectivity index (χ4v) is 4.07. The minimum Gasteiger partial charge on any atom is -0.376 e. The van der Waals surface area contributed by atoms with Crippen molar-refractivity contribution in [3.63, 3.8) is 0 Å². The van der Waals surface area contributed by atoms with Crippen LogP contribution < -0.4 is 11.3 Å². The molecule has 122 valence electrons. The van der Waals surface area contributed by atoms with E-state index in [0.717, 1.165) is 6.61 Å². The van der Waals surface area contributed by atoms with E-state index in [1.54, 1.807) is 0 Å². The van der Waals surface area contributed by atoms with Crippen LogP contribution in [-0.4, -0.2) is 18.8 Å². The van der Waals surface area contributed by atoms with Gasteiger partial charge in [-0.15, -0.1) is 0 Å². The summed E-state index contributed by atoms with van der Waals surface area (Å²) >= 11 is 0. The second-order valence-corrected chi connectivity index (χ2v) is 6.69. The van der Waals surface area contributed by atoms with Gasteiger partial charge in [0.05, 0.1) is 12.1 Å². The molecule has 2 aliphatic carbocycles. The Balaban J connectivity index is 2.09. The number of hydrazine groups is 1. The molecule has 3 heteroatoms. The predicted molar refractivity (Wildman–Crippen MR) is 88.9 cm³/mol. The van der Waals surface area contributed by atoms with Crippen molar-refractivity contribution in [2.45, 2.75) is 89.7 Å². The van der Waals surface area contributed by atoms with Gasteiger partial charge in [-0.1, -0.05) is 43.8 Å². The van der Waals surface area contributed by atoms with Gasteiger partial charge in [0.2, 0.25) is 0 Å². The van der Waals surface area contributed by atoms with Crippen molar-refractivity contribution in [3.05, 3.63) is 11.6 Å².